The van der Waals surface area contributed by atoms with Crippen LogP contribution in [0.1, 0.15) is 38.5 Å². The number of esters is 1. The van der Waals surface area contributed by atoms with Gasteiger partial charge in [0, 0.05) is 5.75 Å². The molecule has 1 saturated carbocycles. The Hall–Kier alpha value is -0.420. The Morgan fingerprint density at radius 2 is 2.07 bits per heavy atom. The molecule has 0 saturated heterocycles. The molecule has 0 spiro atoms. The van der Waals surface area contributed by atoms with Crippen LogP contribution in [0.5, 0.6) is 0 Å². The fourth-order valence-corrected chi connectivity index (χ4v) is 1.89. The molecule has 88 valence electrons. The molecule has 0 radical (unpaired) electrons. The first kappa shape index (κ1) is 12.6. The van der Waals surface area contributed by atoms with E-state index in [9.17, 15) is 9.00 Å². The van der Waals surface area contributed by atoms with Crippen LogP contribution in [0.25, 0.3) is 0 Å². The van der Waals surface area contributed by atoms with E-state index in [1.54, 1.807) is 0 Å². The van der Waals surface area contributed by atoms with Crippen molar-refractivity contribution in [3.63, 3.8) is 0 Å². The van der Waals surface area contributed by atoms with Crippen molar-refractivity contribution in [3.05, 3.63) is 0 Å². The van der Waals surface area contributed by atoms with Crippen molar-refractivity contribution in [3.8, 4) is 0 Å². The molecule has 1 atom stereocenters. The largest absolute Gasteiger partial charge is 0.465 e. The first-order chi connectivity index (χ1) is 7.20. The summed E-state index contributed by atoms with van der Waals surface area (Å²) >= 11 is -1.69. The molecule has 1 N–H and O–H groups in total. The number of hydrogen-bond acceptors (Lipinski definition) is 3. The highest BCUT2D eigenvalue weighted by atomic mass is 32.2. The third-order valence-corrected chi connectivity index (χ3v) is 3.28. The van der Waals surface area contributed by atoms with Crippen LogP contribution in [0.4, 0.5) is 0 Å². The maximum atomic E-state index is 11.3. The van der Waals surface area contributed by atoms with Crippen molar-refractivity contribution in [2.24, 2.45) is 5.92 Å². The normalized spacial score (nSPS) is 18.2. The van der Waals surface area contributed by atoms with Gasteiger partial charge >= 0.3 is 5.97 Å². The number of unbranched alkanes of at least 4 members (excludes halogenated alkanes) is 2. The molecule has 1 aliphatic rings. The van der Waals surface area contributed by atoms with Gasteiger partial charge in [0.2, 0.25) is 0 Å². The molecule has 0 aliphatic heterocycles. The van der Waals surface area contributed by atoms with E-state index < -0.39 is 11.1 Å². The van der Waals surface area contributed by atoms with Gasteiger partial charge in [-0.3, -0.25) is 4.79 Å². The summed E-state index contributed by atoms with van der Waals surface area (Å²) in [5.74, 6) is 0.401. The minimum Gasteiger partial charge on any atom is -0.465 e. The summed E-state index contributed by atoms with van der Waals surface area (Å²) in [4.78, 5) is 11.3. The van der Waals surface area contributed by atoms with Crippen LogP contribution in [0.15, 0.2) is 0 Å². The second-order valence-electron chi connectivity index (χ2n) is 3.88. The van der Waals surface area contributed by atoms with Crippen molar-refractivity contribution in [1.82, 2.24) is 0 Å². The van der Waals surface area contributed by atoms with E-state index >= 15 is 0 Å². The SMILES string of the molecule is O=C(OCCCCCS(=O)O)C1CCC1. The van der Waals surface area contributed by atoms with Gasteiger partial charge in [-0.15, -0.1) is 0 Å². The molecule has 1 fully saturated rings. The summed E-state index contributed by atoms with van der Waals surface area (Å²) in [7, 11) is 0. The molecule has 4 nitrogen and oxygen atoms in total. The summed E-state index contributed by atoms with van der Waals surface area (Å²) in [6.45, 7) is 0.452. The fraction of sp³-hybridized carbons (Fsp3) is 0.900. The van der Waals surface area contributed by atoms with E-state index in [1.807, 2.05) is 0 Å². The van der Waals surface area contributed by atoms with E-state index in [4.69, 9.17) is 9.29 Å². The molecule has 0 amide bonds. The molecular weight excluding hydrogens is 216 g/mol. The smallest absolute Gasteiger partial charge is 0.308 e. The average Bonchev–Trinajstić information content (AvgIpc) is 2.07. The van der Waals surface area contributed by atoms with Gasteiger partial charge < -0.3 is 9.29 Å². The number of carbonyl (C=O) groups excluding carboxylic acids is 1. The monoisotopic (exact) mass is 234 g/mol. The van der Waals surface area contributed by atoms with E-state index in [0.29, 0.717) is 18.8 Å². The van der Waals surface area contributed by atoms with Crippen LogP contribution in [-0.4, -0.2) is 27.1 Å². The van der Waals surface area contributed by atoms with Crippen LogP contribution >= 0.6 is 0 Å². The maximum Gasteiger partial charge on any atom is 0.308 e. The second kappa shape index (κ2) is 6.95. The minimum atomic E-state index is -1.69. The number of rotatable bonds is 7. The molecule has 0 aromatic rings. The van der Waals surface area contributed by atoms with Crippen LogP contribution < -0.4 is 0 Å². The average molecular weight is 234 g/mol. The predicted octanol–water partition coefficient (Wildman–Crippen LogP) is 1.72. The third-order valence-electron chi connectivity index (χ3n) is 2.65. The van der Waals surface area contributed by atoms with E-state index in [2.05, 4.69) is 0 Å². The molecule has 0 heterocycles. The Morgan fingerprint density at radius 1 is 1.33 bits per heavy atom. The van der Waals surface area contributed by atoms with Gasteiger partial charge in [0.05, 0.1) is 12.5 Å². The minimum absolute atomic E-state index is 0.0630. The summed E-state index contributed by atoms with van der Waals surface area (Å²) in [5, 5.41) is 0. The molecule has 15 heavy (non-hydrogen) atoms. The van der Waals surface area contributed by atoms with Crippen molar-refractivity contribution in [1.29, 1.82) is 0 Å². The molecule has 1 rings (SSSR count). The zero-order valence-corrected chi connectivity index (χ0v) is 9.63. The molecular formula is C10H18O4S. The first-order valence-corrected chi connectivity index (χ1v) is 6.72. The lowest BCUT2D eigenvalue weighted by molar-refractivity contribution is -0.151. The summed E-state index contributed by atoms with van der Waals surface area (Å²) in [6.07, 6.45) is 5.43. The molecule has 5 heteroatoms. The molecule has 1 aliphatic carbocycles. The lowest BCUT2D eigenvalue weighted by Gasteiger charge is -2.22. The highest BCUT2D eigenvalue weighted by molar-refractivity contribution is 7.79. The van der Waals surface area contributed by atoms with Gasteiger partial charge in [-0.1, -0.05) is 6.42 Å². The summed E-state index contributed by atoms with van der Waals surface area (Å²) in [6, 6.07) is 0. The molecule has 0 aromatic heterocycles. The Bertz CT molecular complexity index is 225. The van der Waals surface area contributed by atoms with Crippen LogP contribution in [0.3, 0.4) is 0 Å². The van der Waals surface area contributed by atoms with Gasteiger partial charge in [0.1, 0.15) is 0 Å². The number of carbonyl (C=O) groups is 1. The fourth-order valence-electron chi connectivity index (χ4n) is 1.44. The molecule has 0 bridgehead atoms. The van der Waals surface area contributed by atoms with E-state index in [1.165, 1.54) is 0 Å². The predicted molar refractivity (Wildman–Crippen MR) is 57.8 cm³/mol. The standard InChI is InChI=1S/C10H18O4S/c11-10(9-5-4-6-9)14-7-2-1-3-8-15(12)13/h9H,1-8H2,(H,12,13). The zero-order chi connectivity index (χ0) is 11.1. The van der Waals surface area contributed by atoms with Gasteiger partial charge in [0.15, 0.2) is 11.1 Å². The quantitative estimate of drug-likeness (QED) is 0.414. The summed E-state index contributed by atoms with van der Waals surface area (Å²) < 4.78 is 23.9. The van der Waals surface area contributed by atoms with E-state index in [-0.39, 0.29) is 11.9 Å². The van der Waals surface area contributed by atoms with Gasteiger partial charge in [-0.2, -0.15) is 0 Å². The number of ether oxygens (including phenoxy) is 1. The first-order valence-electron chi connectivity index (χ1n) is 5.44. The Morgan fingerprint density at radius 3 is 2.60 bits per heavy atom. The third kappa shape index (κ3) is 5.28. The van der Waals surface area contributed by atoms with Crippen LogP contribution in [0.2, 0.25) is 0 Å². The second-order valence-corrected chi connectivity index (χ2v) is 4.93. The molecule has 0 aromatic carbocycles. The molecule has 1 unspecified atom stereocenters. The Kier molecular flexibility index (Phi) is 5.86. The topological polar surface area (TPSA) is 63.6 Å². The van der Waals surface area contributed by atoms with Crippen molar-refractivity contribution < 1.29 is 18.3 Å². The zero-order valence-electron chi connectivity index (χ0n) is 8.81. The van der Waals surface area contributed by atoms with E-state index in [0.717, 1.165) is 32.1 Å². The highest BCUT2D eigenvalue weighted by Crippen LogP contribution is 2.27. The van der Waals surface area contributed by atoms with Crippen molar-refractivity contribution >= 4 is 17.0 Å². The van der Waals surface area contributed by atoms with Gasteiger partial charge in [0.25, 0.3) is 0 Å². The Balaban J connectivity index is 1.88. The van der Waals surface area contributed by atoms with Crippen LogP contribution in [0, 0.1) is 5.92 Å². The summed E-state index contributed by atoms with van der Waals surface area (Å²) in [5.41, 5.74) is 0. The highest BCUT2D eigenvalue weighted by Gasteiger charge is 2.26. The Labute approximate surface area is 92.7 Å². The lowest BCUT2D eigenvalue weighted by Crippen LogP contribution is -2.24. The van der Waals surface area contributed by atoms with Crippen molar-refractivity contribution in [2.45, 2.75) is 38.5 Å². The maximum absolute atomic E-state index is 11.3. The number of hydrogen-bond donors (Lipinski definition) is 1. The van der Waals surface area contributed by atoms with Gasteiger partial charge in [-0.25, -0.2) is 4.21 Å². The van der Waals surface area contributed by atoms with Crippen LogP contribution in [-0.2, 0) is 20.6 Å². The van der Waals surface area contributed by atoms with Gasteiger partial charge in [-0.05, 0) is 32.1 Å². The lowest BCUT2D eigenvalue weighted by atomic mass is 9.86. The van der Waals surface area contributed by atoms with Crippen molar-refractivity contribution in [2.75, 3.05) is 12.4 Å².